The summed E-state index contributed by atoms with van der Waals surface area (Å²) in [4.78, 5) is 0.195. The van der Waals surface area contributed by atoms with Gasteiger partial charge in [0.25, 0.3) is 0 Å². The molecule has 0 amide bonds. The highest BCUT2D eigenvalue weighted by atomic mass is 32.2. The molecule has 6 nitrogen and oxygen atoms in total. The summed E-state index contributed by atoms with van der Waals surface area (Å²) < 4.78 is 45.2. The average Bonchev–Trinajstić information content (AvgIpc) is 2.42. The molecule has 0 aliphatic heterocycles. The van der Waals surface area contributed by atoms with Crippen molar-refractivity contribution in [2.24, 2.45) is 0 Å². The van der Waals surface area contributed by atoms with Crippen LogP contribution in [0.2, 0.25) is 0 Å². The Bertz CT molecular complexity index is 650. The molecule has 1 atom stereocenters. The maximum absolute atomic E-state index is 11.3. The summed E-state index contributed by atoms with van der Waals surface area (Å²) in [6.07, 6.45) is 0.302. The second-order valence-electron chi connectivity index (χ2n) is 4.80. The van der Waals surface area contributed by atoms with Gasteiger partial charge in [-0.05, 0) is 17.7 Å². The molecule has 1 aromatic carbocycles. The van der Waals surface area contributed by atoms with Gasteiger partial charge in [-0.2, -0.15) is 0 Å². The quantitative estimate of drug-likeness (QED) is 0.656. The Kier molecular flexibility index (Phi) is 6.33. The third kappa shape index (κ3) is 6.13. The van der Waals surface area contributed by atoms with Gasteiger partial charge in [-0.25, -0.2) is 16.8 Å². The van der Waals surface area contributed by atoms with Crippen molar-refractivity contribution >= 4 is 19.7 Å². The van der Waals surface area contributed by atoms with Gasteiger partial charge in [0.05, 0.1) is 16.8 Å². The lowest BCUT2D eigenvalue weighted by molar-refractivity contribution is 0.175. The summed E-state index contributed by atoms with van der Waals surface area (Å²) in [5.74, 6) is 0.132. The molecule has 1 unspecified atom stereocenters. The molecule has 1 rings (SSSR count). The highest BCUT2D eigenvalue weighted by Gasteiger charge is 2.11. The van der Waals surface area contributed by atoms with Gasteiger partial charge in [0.15, 0.2) is 19.7 Å². The van der Waals surface area contributed by atoms with Crippen LogP contribution < -0.4 is 5.32 Å². The summed E-state index contributed by atoms with van der Waals surface area (Å²) in [5.41, 5.74) is 0.577. The van der Waals surface area contributed by atoms with Crippen molar-refractivity contribution in [2.45, 2.75) is 17.9 Å². The second kappa shape index (κ2) is 7.35. The molecule has 0 spiro atoms. The fraction of sp³-hybridized carbons (Fsp3) is 0.538. The lowest BCUT2D eigenvalue weighted by Crippen LogP contribution is -2.27. The molecule has 0 bridgehead atoms. The third-order valence-corrected chi connectivity index (χ3v) is 5.89. The van der Waals surface area contributed by atoms with Gasteiger partial charge in [-0.15, -0.1) is 0 Å². The summed E-state index contributed by atoms with van der Waals surface area (Å²) >= 11 is 0. The molecule has 2 N–H and O–H groups in total. The van der Waals surface area contributed by atoms with E-state index in [1.54, 1.807) is 19.1 Å². The molecule has 0 radical (unpaired) electrons. The summed E-state index contributed by atoms with van der Waals surface area (Å²) in [6, 6.07) is 5.97. The van der Waals surface area contributed by atoms with E-state index < -0.39 is 25.8 Å². The van der Waals surface area contributed by atoms with Crippen LogP contribution >= 0.6 is 0 Å². The van der Waals surface area contributed by atoms with Gasteiger partial charge >= 0.3 is 0 Å². The number of hydrogen-bond acceptors (Lipinski definition) is 6. The lowest BCUT2D eigenvalue weighted by atomic mass is 10.1. The predicted molar refractivity (Wildman–Crippen MR) is 81.7 cm³/mol. The molecule has 8 heteroatoms. The first-order valence-electron chi connectivity index (χ1n) is 6.55. The molecule has 0 aliphatic rings. The molecule has 1 aromatic rings. The zero-order valence-electron chi connectivity index (χ0n) is 12.1. The molecule has 0 aromatic heterocycles. The Morgan fingerprint density at radius 3 is 2.19 bits per heavy atom. The largest absolute Gasteiger partial charge is 0.387 e. The molecule has 0 saturated heterocycles. The normalized spacial score (nSPS) is 14.0. The Balaban J connectivity index is 2.51. The topological polar surface area (TPSA) is 101 Å². The number of hydrogen-bond donors (Lipinski definition) is 2. The van der Waals surface area contributed by atoms with Gasteiger partial charge in [0, 0.05) is 25.1 Å². The van der Waals surface area contributed by atoms with Crippen molar-refractivity contribution in [1.29, 1.82) is 0 Å². The van der Waals surface area contributed by atoms with Crippen LogP contribution in [-0.4, -0.2) is 52.8 Å². The molecule has 120 valence electrons. The highest BCUT2D eigenvalue weighted by Crippen LogP contribution is 2.15. The van der Waals surface area contributed by atoms with Gasteiger partial charge in [0.2, 0.25) is 0 Å². The standard InChI is InChI=1S/C13H21NO5S2/c1-3-21(18,19)9-8-14-10-13(15)11-4-6-12(7-5-11)20(2,16)17/h4-7,13-15H,3,8-10H2,1-2H3. The molecule has 0 saturated carbocycles. The lowest BCUT2D eigenvalue weighted by Gasteiger charge is -2.12. The molecule has 0 aliphatic carbocycles. The predicted octanol–water partition coefficient (Wildman–Crippen LogP) is 0.148. The van der Waals surface area contributed by atoms with Crippen LogP contribution in [0.25, 0.3) is 0 Å². The molecule has 21 heavy (non-hydrogen) atoms. The minimum absolute atomic E-state index is 0.0310. The Morgan fingerprint density at radius 1 is 1.14 bits per heavy atom. The van der Waals surface area contributed by atoms with E-state index in [4.69, 9.17) is 0 Å². The van der Waals surface area contributed by atoms with Crippen LogP contribution in [0.1, 0.15) is 18.6 Å². The highest BCUT2D eigenvalue weighted by molar-refractivity contribution is 7.91. The fourth-order valence-corrected chi connectivity index (χ4v) is 3.04. The van der Waals surface area contributed by atoms with Gasteiger partial charge in [-0.1, -0.05) is 19.1 Å². The van der Waals surface area contributed by atoms with E-state index in [2.05, 4.69) is 5.32 Å². The molecule has 0 fully saturated rings. The van der Waals surface area contributed by atoms with Crippen molar-refractivity contribution in [3.05, 3.63) is 29.8 Å². The Labute approximate surface area is 126 Å². The summed E-state index contributed by atoms with van der Waals surface area (Å²) in [7, 11) is -6.26. The minimum Gasteiger partial charge on any atom is -0.387 e. The number of benzene rings is 1. The summed E-state index contributed by atoms with van der Waals surface area (Å²) in [6.45, 7) is 2.07. The van der Waals surface area contributed by atoms with Crippen LogP contribution in [-0.2, 0) is 19.7 Å². The van der Waals surface area contributed by atoms with Crippen LogP contribution in [0, 0.1) is 0 Å². The fourth-order valence-electron chi connectivity index (χ4n) is 1.67. The zero-order valence-corrected chi connectivity index (χ0v) is 13.7. The number of aliphatic hydroxyl groups excluding tert-OH is 1. The SMILES string of the molecule is CCS(=O)(=O)CCNCC(O)c1ccc(S(C)(=O)=O)cc1. The Morgan fingerprint density at radius 2 is 1.71 bits per heavy atom. The number of sulfone groups is 2. The van der Waals surface area contributed by atoms with Crippen molar-refractivity contribution in [2.75, 3.05) is 30.9 Å². The third-order valence-electron chi connectivity index (χ3n) is 3.06. The van der Waals surface area contributed by atoms with E-state index in [0.29, 0.717) is 5.56 Å². The van der Waals surface area contributed by atoms with Crippen LogP contribution in [0.3, 0.4) is 0 Å². The maximum atomic E-state index is 11.3. The van der Waals surface area contributed by atoms with E-state index in [0.717, 1.165) is 6.26 Å². The van der Waals surface area contributed by atoms with Crippen LogP contribution in [0.4, 0.5) is 0 Å². The van der Waals surface area contributed by atoms with E-state index in [9.17, 15) is 21.9 Å². The first-order valence-corrected chi connectivity index (χ1v) is 10.3. The van der Waals surface area contributed by atoms with Gasteiger partial charge < -0.3 is 10.4 Å². The number of aliphatic hydroxyl groups is 1. The second-order valence-corrected chi connectivity index (χ2v) is 9.29. The smallest absolute Gasteiger partial charge is 0.175 e. The van der Waals surface area contributed by atoms with E-state index in [1.807, 2.05) is 0 Å². The van der Waals surface area contributed by atoms with Crippen LogP contribution in [0.5, 0.6) is 0 Å². The molecular formula is C13H21NO5S2. The number of rotatable bonds is 8. The van der Waals surface area contributed by atoms with E-state index >= 15 is 0 Å². The van der Waals surface area contributed by atoms with Crippen molar-refractivity contribution in [1.82, 2.24) is 5.32 Å². The maximum Gasteiger partial charge on any atom is 0.175 e. The molecule has 0 heterocycles. The van der Waals surface area contributed by atoms with Crippen molar-refractivity contribution in [3.63, 3.8) is 0 Å². The van der Waals surface area contributed by atoms with Gasteiger partial charge in [-0.3, -0.25) is 0 Å². The first kappa shape index (κ1) is 18.1. The zero-order chi connectivity index (χ0) is 16.1. The monoisotopic (exact) mass is 335 g/mol. The molecular weight excluding hydrogens is 314 g/mol. The van der Waals surface area contributed by atoms with E-state index in [-0.39, 0.29) is 29.5 Å². The Hall–Kier alpha value is -0.960. The minimum atomic E-state index is -3.25. The average molecular weight is 335 g/mol. The van der Waals surface area contributed by atoms with E-state index in [1.165, 1.54) is 12.1 Å². The van der Waals surface area contributed by atoms with Crippen molar-refractivity contribution in [3.8, 4) is 0 Å². The van der Waals surface area contributed by atoms with Crippen molar-refractivity contribution < 1.29 is 21.9 Å². The summed E-state index contributed by atoms with van der Waals surface area (Å²) in [5, 5.41) is 12.8. The first-order chi connectivity index (χ1) is 9.65. The van der Waals surface area contributed by atoms with Crippen LogP contribution in [0.15, 0.2) is 29.2 Å². The number of nitrogens with one attached hydrogen (secondary N) is 1. The van der Waals surface area contributed by atoms with Gasteiger partial charge in [0.1, 0.15) is 0 Å².